The van der Waals surface area contributed by atoms with Gasteiger partial charge in [-0.25, -0.2) is 0 Å². The molecule has 0 aliphatic carbocycles. The molecule has 0 aliphatic rings. The molecule has 0 bridgehead atoms. The Labute approximate surface area is 530 Å². The van der Waals surface area contributed by atoms with E-state index in [0.717, 1.165) is 161 Å². The van der Waals surface area contributed by atoms with Gasteiger partial charge in [0.2, 0.25) is 0 Å². The van der Waals surface area contributed by atoms with E-state index < -0.39 is 6.10 Å². The van der Waals surface area contributed by atoms with Gasteiger partial charge in [-0.15, -0.1) is 0 Å². The van der Waals surface area contributed by atoms with E-state index in [1.54, 1.807) is 0 Å². The van der Waals surface area contributed by atoms with E-state index in [4.69, 9.17) is 9.47 Å². The first-order chi connectivity index (χ1) is 42.6. The lowest BCUT2D eigenvalue weighted by Crippen LogP contribution is -2.28. The number of allylic oxidation sites excluding steroid dienone is 34. The summed E-state index contributed by atoms with van der Waals surface area (Å²) in [5, 5.41) is 9.70. The Kier molecular flexibility index (Phi) is 69.0. The van der Waals surface area contributed by atoms with Gasteiger partial charge in [0.05, 0.1) is 6.61 Å². The third-order valence-corrected chi connectivity index (χ3v) is 14.1. The van der Waals surface area contributed by atoms with Crippen LogP contribution in [-0.2, 0) is 19.1 Å². The second-order valence-corrected chi connectivity index (χ2v) is 22.1. The van der Waals surface area contributed by atoms with Gasteiger partial charge in [0.15, 0.2) is 6.10 Å². The monoisotopic (exact) mass is 1180 g/mol. The Morgan fingerprint density at radius 2 is 0.465 bits per heavy atom. The number of esters is 2. The molecule has 1 unspecified atom stereocenters. The van der Waals surface area contributed by atoms with Crippen molar-refractivity contribution in [2.75, 3.05) is 13.2 Å². The van der Waals surface area contributed by atoms with Gasteiger partial charge < -0.3 is 14.6 Å². The van der Waals surface area contributed by atoms with E-state index in [-0.39, 0.29) is 25.2 Å². The van der Waals surface area contributed by atoms with Crippen molar-refractivity contribution in [1.29, 1.82) is 0 Å². The van der Waals surface area contributed by atoms with Crippen LogP contribution in [0.2, 0.25) is 0 Å². The van der Waals surface area contributed by atoms with Gasteiger partial charge in [-0.05, 0) is 148 Å². The third-order valence-electron chi connectivity index (χ3n) is 14.1. The minimum Gasteiger partial charge on any atom is -0.462 e. The standard InChI is InChI=1S/C81H126O5/c1-3-5-7-9-11-13-15-17-19-21-23-25-27-29-31-33-35-37-39-40-42-43-45-47-49-51-53-55-57-59-61-63-65-67-69-71-73-75-80(83)85-78-79(77-82)86-81(84)76-74-72-70-68-66-64-62-60-58-56-54-52-50-48-46-44-41-38-36-34-32-30-28-26-24-22-20-18-16-14-12-10-8-6-4-2/h5-8,11-14,17-20,23-26,29-32,35-38,40,42,44,46,50,52,56,58,62,64,79,82H,3-4,9-10,15-16,21-22,27-28,33-34,39,41,43,45,47-49,51,53-55,57,59-61,63,65-78H2,1-2H3/b7-5-,8-6-,13-11-,14-12-,19-17-,20-18-,25-23-,26-24-,31-29-,32-30-,37-35-,38-36-,42-40-,46-44-,52-50-,58-56-,64-62-. The number of hydrogen-bond donors (Lipinski definition) is 1. The summed E-state index contributed by atoms with van der Waals surface area (Å²) in [5.74, 6) is -0.630. The third kappa shape index (κ3) is 71.0. The molecule has 0 aliphatic heterocycles. The number of carbonyl (C=O) groups excluding carboxylic acids is 2. The average Bonchev–Trinajstić information content (AvgIpc) is 3.55. The molecule has 5 heteroatoms. The van der Waals surface area contributed by atoms with Crippen LogP contribution in [0.25, 0.3) is 0 Å². The summed E-state index contributed by atoms with van der Waals surface area (Å²) in [5.41, 5.74) is 0. The average molecular weight is 1180 g/mol. The first kappa shape index (κ1) is 80.5. The van der Waals surface area contributed by atoms with Crippen LogP contribution in [0.1, 0.15) is 271 Å². The number of carbonyl (C=O) groups is 2. The van der Waals surface area contributed by atoms with E-state index in [1.807, 2.05) is 0 Å². The molecular weight excluding hydrogens is 1050 g/mol. The number of aliphatic hydroxyl groups excluding tert-OH is 1. The highest BCUT2D eigenvalue weighted by molar-refractivity contribution is 5.70. The highest BCUT2D eigenvalue weighted by Crippen LogP contribution is 2.15. The normalized spacial score (nSPS) is 13.6. The summed E-state index contributed by atoms with van der Waals surface area (Å²) < 4.78 is 10.7. The van der Waals surface area contributed by atoms with Crippen molar-refractivity contribution in [3.63, 3.8) is 0 Å². The molecule has 0 radical (unpaired) electrons. The lowest BCUT2D eigenvalue weighted by atomic mass is 10.0. The van der Waals surface area contributed by atoms with Crippen LogP contribution < -0.4 is 0 Å². The molecule has 0 saturated heterocycles. The van der Waals surface area contributed by atoms with E-state index in [1.165, 1.54) is 83.5 Å². The summed E-state index contributed by atoms with van der Waals surface area (Å²) in [6, 6.07) is 0. The van der Waals surface area contributed by atoms with Crippen molar-refractivity contribution >= 4 is 11.9 Å². The van der Waals surface area contributed by atoms with Crippen LogP contribution in [0.3, 0.4) is 0 Å². The molecule has 1 N–H and O–H groups in total. The predicted molar refractivity (Wildman–Crippen MR) is 379 cm³/mol. The smallest absolute Gasteiger partial charge is 0.306 e. The van der Waals surface area contributed by atoms with Gasteiger partial charge in [0.25, 0.3) is 0 Å². The number of aliphatic hydroxyl groups is 1. The molecule has 480 valence electrons. The summed E-state index contributed by atoms with van der Waals surface area (Å²) in [6.07, 6.45) is 118. The molecular formula is C81H126O5. The number of hydrogen-bond acceptors (Lipinski definition) is 5. The van der Waals surface area contributed by atoms with Crippen LogP contribution in [0.4, 0.5) is 0 Å². The molecule has 0 fully saturated rings. The second-order valence-electron chi connectivity index (χ2n) is 22.1. The molecule has 5 nitrogen and oxygen atoms in total. The van der Waals surface area contributed by atoms with Crippen molar-refractivity contribution in [2.45, 2.75) is 277 Å². The molecule has 0 aromatic heterocycles. The number of unbranched alkanes of at least 4 members (excludes halogenated alkanes) is 19. The zero-order valence-corrected chi connectivity index (χ0v) is 55.0. The Hall–Kier alpha value is -5.52. The SMILES string of the molecule is CC/C=C\C/C=C\C/C=C\C/C=C\C/C=C\C/C=C\C/C=C\C/C=C\C/C=C\C/C=C\CCCCCCC(=O)OC(CO)COC(=O)CCCCCCCCCCCCCCCCC/C=C\C/C=C\C/C=C\C/C=C\C/C=C\C/C=C\C/C=C\CC. The zero-order chi connectivity index (χ0) is 61.9. The fourth-order valence-electron chi connectivity index (χ4n) is 8.98. The largest absolute Gasteiger partial charge is 0.462 e. The fraction of sp³-hybridized carbons (Fsp3) is 0.556. The predicted octanol–water partition coefficient (Wildman–Crippen LogP) is 24.5. The molecule has 0 amide bonds. The molecule has 0 spiro atoms. The van der Waals surface area contributed by atoms with Gasteiger partial charge >= 0.3 is 11.9 Å². The maximum absolute atomic E-state index is 12.4. The molecule has 0 aromatic carbocycles. The molecule has 0 rings (SSSR count). The Morgan fingerprint density at radius 1 is 0.267 bits per heavy atom. The maximum atomic E-state index is 12.4. The molecule has 0 aromatic rings. The maximum Gasteiger partial charge on any atom is 0.306 e. The Morgan fingerprint density at radius 3 is 0.698 bits per heavy atom. The quantitative estimate of drug-likeness (QED) is 0.0373. The number of rotatable bonds is 61. The van der Waals surface area contributed by atoms with Crippen LogP contribution in [0.5, 0.6) is 0 Å². The zero-order valence-electron chi connectivity index (χ0n) is 55.0. The Bertz CT molecular complexity index is 2020. The highest BCUT2D eigenvalue weighted by Gasteiger charge is 2.16. The van der Waals surface area contributed by atoms with Gasteiger partial charge in [0, 0.05) is 12.8 Å². The van der Waals surface area contributed by atoms with E-state index in [9.17, 15) is 14.7 Å². The summed E-state index contributed by atoms with van der Waals surface area (Å²) >= 11 is 0. The van der Waals surface area contributed by atoms with Crippen LogP contribution >= 0.6 is 0 Å². The van der Waals surface area contributed by atoms with E-state index >= 15 is 0 Å². The first-order valence-corrected chi connectivity index (χ1v) is 34.6. The van der Waals surface area contributed by atoms with Crippen molar-refractivity contribution < 1.29 is 24.2 Å². The van der Waals surface area contributed by atoms with Crippen molar-refractivity contribution in [3.05, 3.63) is 207 Å². The summed E-state index contributed by atoms with van der Waals surface area (Å²) in [4.78, 5) is 24.7. The van der Waals surface area contributed by atoms with Crippen LogP contribution in [0, 0.1) is 0 Å². The fourth-order valence-corrected chi connectivity index (χ4v) is 8.98. The molecule has 0 heterocycles. The van der Waals surface area contributed by atoms with Crippen molar-refractivity contribution in [3.8, 4) is 0 Å². The van der Waals surface area contributed by atoms with E-state index in [2.05, 4.69) is 220 Å². The van der Waals surface area contributed by atoms with Crippen molar-refractivity contribution in [2.24, 2.45) is 0 Å². The van der Waals surface area contributed by atoms with Crippen molar-refractivity contribution in [1.82, 2.24) is 0 Å². The minimum atomic E-state index is -0.803. The van der Waals surface area contributed by atoms with Gasteiger partial charge in [0.1, 0.15) is 6.61 Å². The lowest BCUT2D eigenvalue weighted by Gasteiger charge is -2.15. The molecule has 1 atom stereocenters. The molecule has 86 heavy (non-hydrogen) atoms. The topological polar surface area (TPSA) is 72.8 Å². The first-order valence-electron chi connectivity index (χ1n) is 34.6. The highest BCUT2D eigenvalue weighted by atomic mass is 16.6. The lowest BCUT2D eigenvalue weighted by molar-refractivity contribution is -0.161. The minimum absolute atomic E-state index is 0.0884. The van der Waals surface area contributed by atoms with Crippen LogP contribution in [0.15, 0.2) is 207 Å². The number of ether oxygens (including phenoxy) is 2. The van der Waals surface area contributed by atoms with Gasteiger partial charge in [-0.1, -0.05) is 317 Å². The molecule has 0 saturated carbocycles. The van der Waals surface area contributed by atoms with Gasteiger partial charge in [-0.2, -0.15) is 0 Å². The second kappa shape index (κ2) is 73.7. The summed E-state index contributed by atoms with van der Waals surface area (Å²) in [6.45, 7) is 3.89. The van der Waals surface area contributed by atoms with Gasteiger partial charge in [-0.3, -0.25) is 9.59 Å². The Balaban J connectivity index is 3.61. The summed E-state index contributed by atoms with van der Waals surface area (Å²) in [7, 11) is 0. The van der Waals surface area contributed by atoms with E-state index in [0.29, 0.717) is 12.8 Å². The van der Waals surface area contributed by atoms with Crippen LogP contribution in [-0.4, -0.2) is 36.4 Å².